The van der Waals surface area contributed by atoms with Crippen molar-refractivity contribution in [3.63, 3.8) is 0 Å². The van der Waals surface area contributed by atoms with Crippen LogP contribution in [0.5, 0.6) is 0 Å². The Balaban J connectivity index is 1.83. The standard InChI is InChI=1S/C19H27N3O2/c1-13(2)12-22-11-4-3-8-17(22)19(24)21-16-7-5-6-15-14(16)9-10-18(23)20-15/h9-10,13,17H,3-8,11-12H2,1-2H3,(H,20,23). The van der Waals surface area contributed by atoms with E-state index in [1.807, 2.05) is 6.07 Å². The topological polar surface area (TPSA) is 65.5 Å². The minimum Gasteiger partial charge on any atom is -0.326 e. The van der Waals surface area contributed by atoms with Crippen LogP contribution in [0.1, 0.15) is 57.2 Å². The zero-order chi connectivity index (χ0) is 17.1. The number of H-pyrrole nitrogens is 1. The highest BCUT2D eigenvalue weighted by molar-refractivity contribution is 6.08. The third kappa shape index (κ3) is 3.83. The Morgan fingerprint density at radius 3 is 2.92 bits per heavy atom. The van der Waals surface area contributed by atoms with Gasteiger partial charge in [-0.1, -0.05) is 20.3 Å². The van der Waals surface area contributed by atoms with Crippen LogP contribution < -0.4 is 5.56 Å². The van der Waals surface area contributed by atoms with Gasteiger partial charge in [0.25, 0.3) is 5.91 Å². The van der Waals surface area contributed by atoms with Crippen LogP contribution in [-0.4, -0.2) is 40.6 Å². The maximum absolute atomic E-state index is 12.8. The van der Waals surface area contributed by atoms with Crippen molar-refractivity contribution in [1.82, 2.24) is 9.88 Å². The van der Waals surface area contributed by atoms with Crippen LogP contribution in [0.15, 0.2) is 21.9 Å². The molecule has 2 aliphatic rings. The number of hydrogen-bond acceptors (Lipinski definition) is 3. The number of carbonyl (C=O) groups is 1. The van der Waals surface area contributed by atoms with E-state index in [2.05, 4.69) is 28.7 Å². The van der Waals surface area contributed by atoms with E-state index >= 15 is 0 Å². The van der Waals surface area contributed by atoms with Crippen LogP contribution in [0, 0.1) is 5.92 Å². The average Bonchev–Trinajstić information content (AvgIpc) is 2.54. The lowest BCUT2D eigenvalue weighted by Crippen LogP contribution is -2.46. The normalized spacial score (nSPS) is 23.5. The number of hydrogen-bond donors (Lipinski definition) is 1. The Hall–Kier alpha value is -1.75. The number of aromatic nitrogens is 1. The number of likely N-dealkylation sites (tertiary alicyclic amines) is 1. The van der Waals surface area contributed by atoms with Crippen LogP contribution in [0.2, 0.25) is 0 Å². The van der Waals surface area contributed by atoms with Crippen LogP contribution in [0.4, 0.5) is 0 Å². The molecule has 1 fully saturated rings. The summed E-state index contributed by atoms with van der Waals surface area (Å²) in [6.07, 6.45) is 5.75. The number of aromatic amines is 1. The monoisotopic (exact) mass is 329 g/mol. The summed E-state index contributed by atoms with van der Waals surface area (Å²) in [5, 5.41) is 0. The summed E-state index contributed by atoms with van der Waals surface area (Å²) in [5.74, 6) is 0.538. The van der Waals surface area contributed by atoms with Gasteiger partial charge < -0.3 is 4.98 Å². The molecule has 0 spiro atoms. The first-order chi connectivity index (χ1) is 11.5. The van der Waals surface area contributed by atoms with Crippen LogP contribution in [0.25, 0.3) is 0 Å². The number of aliphatic imine (C=N–C) groups is 1. The molecule has 1 saturated heterocycles. The number of amides is 1. The van der Waals surface area contributed by atoms with Crippen molar-refractivity contribution >= 4 is 11.6 Å². The quantitative estimate of drug-likeness (QED) is 0.927. The SMILES string of the molecule is CC(C)CN1CCCCC1C(=O)N=C1CCCc2[nH]c(=O)ccc21. The first kappa shape index (κ1) is 17.1. The van der Waals surface area contributed by atoms with Crippen LogP contribution in [0.3, 0.4) is 0 Å². The van der Waals surface area contributed by atoms with E-state index in [9.17, 15) is 9.59 Å². The average molecular weight is 329 g/mol. The molecule has 5 nitrogen and oxygen atoms in total. The van der Waals surface area contributed by atoms with E-state index in [4.69, 9.17) is 0 Å². The molecule has 1 unspecified atom stereocenters. The zero-order valence-corrected chi connectivity index (χ0v) is 14.7. The number of carbonyl (C=O) groups excluding carboxylic acids is 1. The van der Waals surface area contributed by atoms with Gasteiger partial charge in [0.2, 0.25) is 5.56 Å². The lowest BCUT2D eigenvalue weighted by Gasteiger charge is -2.34. The fourth-order valence-corrected chi connectivity index (χ4v) is 3.83. The molecule has 2 heterocycles. The fraction of sp³-hybridized carbons (Fsp3) is 0.632. The summed E-state index contributed by atoms with van der Waals surface area (Å²) in [4.78, 5) is 34.0. The first-order valence-corrected chi connectivity index (χ1v) is 9.12. The van der Waals surface area contributed by atoms with Gasteiger partial charge in [-0.3, -0.25) is 14.5 Å². The number of nitrogens with zero attached hydrogens (tertiary/aromatic N) is 2. The van der Waals surface area contributed by atoms with Crippen molar-refractivity contribution < 1.29 is 4.79 Å². The van der Waals surface area contributed by atoms with Gasteiger partial charge in [0, 0.05) is 23.9 Å². The minimum absolute atomic E-state index is 0.00981. The summed E-state index contributed by atoms with van der Waals surface area (Å²) >= 11 is 0. The fourth-order valence-electron chi connectivity index (χ4n) is 3.83. The molecule has 0 bridgehead atoms. The Labute approximate surface area is 143 Å². The molecule has 0 saturated carbocycles. The Bertz CT molecular complexity index is 690. The maximum Gasteiger partial charge on any atom is 0.263 e. The summed E-state index contributed by atoms with van der Waals surface area (Å²) in [5.41, 5.74) is 2.62. The molecular formula is C19H27N3O2. The summed E-state index contributed by atoms with van der Waals surface area (Å²) in [6.45, 7) is 6.32. The Morgan fingerprint density at radius 2 is 2.12 bits per heavy atom. The molecule has 1 aliphatic heterocycles. The van der Waals surface area contributed by atoms with Crippen molar-refractivity contribution in [3.05, 3.63) is 33.7 Å². The van der Waals surface area contributed by atoms with E-state index in [0.29, 0.717) is 5.92 Å². The highest BCUT2D eigenvalue weighted by atomic mass is 16.2. The molecule has 5 heteroatoms. The Kier molecular flexibility index (Phi) is 5.29. The number of fused-ring (bicyclic) bond motifs is 1. The van der Waals surface area contributed by atoms with Gasteiger partial charge in [-0.15, -0.1) is 0 Å². The van der Waals surface area contributed by atoms with Gasteiger partial charge in [0.05, 0.1) is 11.8 Å². The molecule has 24 heavy (non-hydrogen) atoms. The number of aryl methyl sites for hydroxylation is 1. The summed E-state index contributed by atoms with van der Waals surface area (Å²) in [7, 11) is 0. The second-order valence-electron chi connectivity index (χ2n) is 7.37. The predicted molar refractivity (Wildman–Crippen MR) is 95.6 cm³/mol. The van der Waals surface area contributed by atoms with Crippen molar-refractivity contribution in [2.75, 3.05) is 13.1 Å². The Morgan fingerprint density at radius 1 is 1.29 bits per heavy atom. The second kappa shape index (κ2) is 7.43. The van der Waals surface area contributed by atoms with E-state index in [0.717, 1.165) is 68.6 Å². The number of rotatable bonds is 3. The molecule has 1 atom stereocenters. The van der Waals surface area contributed by atoms with Gasteiger partial charge in [-0.25, -0.2) is 4.99 Å². The maximum atomic E-state index is 12.8. The molecule has 1 amide bonds. The molecule has 1 aromatic heterocycles. The van der Waals surface area contributed by atoms with Crippen LogP contribution in [-0.2, 0) is 11.2 Å². The number of piperidine rings is 1. The molecule has 1 N–H and O–H groups in total. The van der Waals surface area contributed by atoms with Crippen LogP contribution >= 0.6 is 0 Å². The van der Waals surface area contributed by atoms with E-state index in [-0.39, 0.29) is 17.5 Å². The lowest BCUT2D eigenvalue weighted by atomic mass is 9.93. The molecule has 130 valence electrons. The largest absolute Gasteiger partial charge is 0.326 e. The third-order valence-electron chi connectivity index (χ3n) is 4.90. The smallest absolute Gasteiger partial charge is 0.263 e. The highest BCUT2D eigenvalue weighted by Gasteiger charge is 2.29. The van der Waals surface area contributed by atoms with Crippen molar-refractivity contribution in [2.45, 2.75) is 58.4 Å². The first-order valence-electron chi connectivity index (χ1n) is 9.12. The van der Waals surface area contributed by atoms with Gasteiger partial charge in [0.1, 0.15) is 0 Å². The van der Waals surface area contributed by atoms with Gasteiger partial charge >= 0.3 is 0 Å². The summed E-state index contributed by atoms with van der Waals surface area (Å²) < 4.78 is 0. The van der Waals surface area contributed by atoms with Gasteiger partial charge in [-0.05, 0) is 50.6 Å². The molecule has 3 rings (SSSR count). The molecule has 0 radical (unpaired) electrons. The van der Waals surface area contributed by atoms with E-state index in [1.165, 1.54) is 6.07 Å². The lowest BCUT2D eigenvalue weighted by molar-refractivity contribution is -0.124. The number of nitrogens with one attached hydrogen (secondary N) is 1. The molecule has 1 aromatic rings. The third-order valence-corrected chi connectivity index (χ3v) is 4.90. The van der Waals surface area contributed by atoms with E-state index < -0.39 is 0 Å². The van der Waals surface area contributed by atoms with E-state index in [1.54, 1.807) is 0 Å². The predicted octanol–water partition coefficient (Wildman–Crippen LogP) is 2.54. The van der Waals surface area contributed by atoms with Gasteiger partial charge in [0.15, 0.2) is 0 Å². The zero-order valence-electron chi connectivity index (χ0n) is 14.7. The summed E-state index contributed by atoms with van der Waals surface area (Å²) in [6, 6.07) is 3.25. The molecular weight excluding hydrogens is 302 g/mol. The molecule has 0 aromatic carbocycles. The van der Waals surface area contributed by atoms with Crippen molar-refractivity contribution in [1.29, 1.82) is 0 Å². The number of pyridine rings is 1. The second-order valence-corrected chi connectivity index (χ2v) is 7.37. The van der Waals surface area contributed by atoms with Crippen molar-refractivity contribution in [2.24, 2.45) is 10.9 Å². The highest BCUT2D eigenvalue weighted by Crippen LogP contribution is 2.22. The molecule has 1 aliphatic carbocycles. The van der Waals surface area contributed by atoms with Gasteiger partial charge in [-0.2, -0.15) is 0 Å². The van der Waals surface area contributed by atoms with Crippen molar-refractivity contribution in [3.8, 4) is 0 Å². The minimum atomic E-state index is -0.0864.